The normalized spacial score (nSPS) is 12.2. The van der Waals surface area contributed by atoms with Crippen molar-refractivity contribution >= 4 is 5.78 Å². The predicted molar refractivity (Wildman–Crippen MR) is 67.6 cm³/mol. The number of carbonyl (C=O) groups is 1. The summed E-state index contributed by atoms with van der Waals surface area (Å²) >= 11 is 0. The van der Waals surface area contributed by atoms with Crippen LogP contribution in [-0.2, 0) is 4.74 Å². The topological polar surface area (TPSA) is 35.5 Å². The summed E-state index contributed by atoms with van der Waals surface area (Å²) < 4.78 is 10.7. The Balaban J connectivity index is 2.53. The molecule has 1 aromatic carbocycles. The lowest BCUT2D eigenvalue weighted by Crippen LogP contribution is -2.14. The molecular formula is C14H20O3. The van der Waals surface area contributed by atoms with Gasteiger partial charge in [0.05, 0.1) is 6.10 Å². The Labute approximate surface area is 103 Å². The minimum absolute atomic E-state index is 0.114. The SMILES string of the molecule is CCC(=O)c1ccc(OC(C)CCOC)cc1. The summed E-state index contributed by atoms with van der Waals surface area (Å²) in [7, 11) is 1.68. The monoisotopic (exact) mass is 236 g/mol. The number of rotatable bonds is 7. The first kappa shape index (κ1) is 13.7. The van der Waals surface area contributed by atoms with Gasteiger partial charge in [0.15, 0.2) is 5.78 Å². The van der Waals surface area contributed by atoms with E-state index in [0.29, 0.717) is 13.0 Å². The van der Waals surface area contributed by atoms with Crippen molar-refractivity contribution in [2.75, 3.05) is 13.7 Å². The number of hydrogen-bond donors (Lipinski definition) is 0. The van der Waals surface area contributed by atoms with E-state index < -0.39 is 0 Å². The molecule has 1 atom stereocenters. The standard InChI is InChI=1S/C14H20O3/c1-4-14(15)12-5-7-13(8-6-12)17-11(2)9-10-16-3/h5-8,11H,4,9-10H2,1-3H3. The summed E-state index contributed by atoms with van der Waals surface area (Å²) in [5.74, 6) is 0.949. The minimum Gasteiger partial charge on any atom is -0.491 e. The van der Waals surface area contributed by atoms with Crippen LogP contribution in [-0.4, -0.2) is 25.6 Å². The number of carbonyl (C=O) groups excluding carboxylic acids is 1. The molecule has 3 heteroatoms. The van der Waals surface area contributed by atoms with Crippen molar-refractivity contribution in [1.29, 1.82) is 0 Å². The molecule has 1 rings (SSSR count). The Morgan fingerprint density at radius 2 is 1.94 bits per heavy atom. The molecule has 0 fully saturated rings. The first-order chi connectivity index (χ1) is 8.17. The van der Waals surface area contributed by atoms with Crippen LogP contribution in [0.15, 0.2) is 24.3 Å². The highest BCUT2D eigenvalue weighted by molar-refractivity contribution is 5.95. The largest absolute Gasteiger partial charge is 0.491 e. The number of hydrogen-bond acceptors (Lipinski definition) is 3. The van der Waals surface area contributed by atoms with E-state index in [1.54, 1.807) is 7.11 Å². The Hall–Kier alpha value is -1.35. The molecule has 94 valence electrons. The molecule has 0 amide bonds. The van der Waals surface area contributed by atoms with Gasteiger partial charge in [0.25, 0.3) is 0 Å². The summed E-state index contributed by atoms with van der Waals surface area (Å²) in [4.78, 5) is 11.4. The van der Waals surface area contributed by atoms with Gasteiger partial charge in [0, 0.05) is 32.1 Å². The zero-order chi connectivity index (χ0) is 12.7. The van der Waals surface area contributed by atoms with E-state index in [-0.39, 0.29) is 11.9 Å². The number of benzene rings is 1. The summed E-state index contributed by atoms with van der Waals surface area (Å²) in [5, 5.41) is 0. The highest BCUT2D eigenvalue weighted by Gasteiger charge is 2.06. The maximum Gasteiger partial charge on any atom is 0.162 e. The second-order valence-corrected chi connectivity index (χ2v) is 4.01. The minimum atomic E-state index is 0.114. The van der Waals surface area contributed by atoms with Crippen LogP contribution in [0.4, 0.5) is 0 Å². The van der Waals surface area contributed by atoms with E-state index in [1.807, 2.05) is 38.1 Å². The van der Waals surface area contributed by atoms with Gasteiger partial charge >= 0.3 is 0 Å². The van der Waals surface area contributed by atoms with Crippen molar-refractivity contribution in [1.82, 2.24) is 0 Å². The molecule has 0 heterocycles. The van der Waals surface area contributed by atoms with Crippen LogP contribution in [0.5, 0.6) is 5.75 Å². The second-order valence-electron chi connectivity index (χ2n) is 4.01. The van der Waals surface area contributed by atoms with E-state index in [0.717, 1.165) is 17.7 Å². The van der Waals surface area contributed by atoms with E-state index in [4.69, 9.17) is 9.47 Å². The second kappa shape index (κ2) is 7.07. The fraction of sp³-hybridized carbons (Fsp3) is 0.500. The Morgan fingerprint density at radius 1 is 1.29 bits per heavy atom. The number of Topliss-reactive ketones (excluding diaryl/α,β-unsaturated/α-hetero) is 1. The third-order valence-corrected chi connectivity index (χ3v) is 2.56. The molecule has 0 saturated carbocycles. The van der Waals surface area contributed by atoms with Crippen LogP contribution in [0.2, 0.25) is 0 Å². The average molecular weight is 236 g/mol. The lowest BCUT2D eigenvalue weighted by atomic mass is 10.1. The number of ketones is 1. The summed E-state index contributed by atoms with van der Waals surface area (Å²) in [6, 6.07) is 7.30. The van der Waals surface area contributed by atoms with Crippen LogP contribution in [0, 0.1) is 0 Å². The fourth-order valence-electron chi connectivity index (χ4n) is 1.50. The van der Waals surface area contributed by atoms with Crippen molar-refractivity contribution in [3.05, 3.63) is 29.8 Å². The van der Waals surface area contributed by atoms with Gasteiger partial charge in [-0.3, -0.25) is 4.79 Å². The first-order valence-electron chi connectivity index (χ1n) is 5.96. The van der Waals surface area contributed by atoms with E-state index in [9.17, 15) is 4.79 Å². The molecule has 0 bridgehead atoms. The van der Waals surface area contributed by atoms with Crippen LogP contribution in [0.1, 0.15) is 37.0 Å². The van der Waals surface area contributed by atoms with Gasteiger partial charge < -0.3 is 9.47 Å². The Kier molecular flexibility index (Phi) is 5.70. The van der Waals surface area contributed by atoms with Gasteiger partial charge in [0.2, 0.25) is 0 Å². The van der Waals surface area contributed by atoms with E-state index in [1.165, 1.54) is 0 Å². The van der Waals surface area contributed by atoms with Crippen LogP contribution in [0.25, 0.3) is 0 Å². The zero-order valence-electron chi connectivity index (χ0n) is 10.7. The number of ether oxygens (including phenoxy) is 2. The zero-order valence-corrected chi connectivity index (χ0v) is 10.7. The van der Waals surface area contributed by atoms with E-state index >= 15 is 0 Å². The Morgan fingerprint density at radius 3 is 2.47 bits per heavy atom. The molecule has 0 saturated heterocycles. The molecule has 0 aliphatic carbocycles. The third kappa shape index (κ3) is 4.57. The van der Waals surface area contributed by atoms with Crippen molar-refractivity contribution < 1.29 is 14.3 Å². The molecule has 1 unspecified atom stereocenters. The van der Waals surface area contributed by atoms with Gasteiger partial charge in [-0.25, -0.2) is 0 Å². The highest BCUT2D eigenvalue weighted by Crippen LogP contribution is 2.15. The first-order valence-corrected chi connectivity index (χ1v) is 5.96. The number of methoxy groups -OCH3 is 1. The van der Waals surface area contributed by atoms with Gasteiger partial charge in [-0.05, 0) is 31.2 Å². The van der Waals surface area contributed by atoms with Crippen molar-refractivity contribution in [2.24, 2.45) is 0 Å². The fourth-order valence-corrected chi connectivity index (χ4v) is 1.50. The van der Waals surface area contributed by atoms with Gasteiger partial charge in [-0.15, -0.1) is 0 Å². The molecule has 1 aromatic rings. The lowest BCUT2D eigenvalue weighted by molar-refractivity contribution is 0.0988. The smallest absolute Gasteiger partial charge is 0.162 e. The Bertz CT molecular complexity index is 343. The van der Waals surface area contributed by atoms with Crippen LogP contribution >= 0.6 is 0 Å². The van der Waals surface area contributed by atoms with Crippen LogP contribution in [0.3, 0.4) is 0 Å². The van der Waals surface area contributed by atoms with Crippen molar-refractivity contribution in [2.45, 2.75) is 32.8 Å². The molecule has 0 aliphatic heterocycles. The maximum absolute atomic E-state index is 11.4. The predicted octanol–water partition coefficient (Wildman–Crippen LogP) is 3.08. The molecule has 0 N–H and O–H groups in total. The lowest BCUT2D eigenvalue weighted by Gasteiger charge is -2.14. The average Bonchev–Trinajstić information content (AvgIpc) is 2.36. The molecule has 17 heavy (non-hydrogen) atoms. The molecular weight excluding hydrogens is 216 g/mol. The highest BCUT2D eigenvalue weighted by atomic mass is 16.5. The maximum atomic E-state index is 11.4. The molecule has 0 radical (unpaired) electrons. The van der Waals surface area contributed by atoms with E-state index in [2.05, 4.69) is 0 Å². The summed E-state index contributed by atoms with van der Waals surface area (Å²) in [5.41, 5.74) is 0.740. The van der Waals surface area contributed by atoms with Gasteiger partial charge in [-0.2, -0.15) is 0 Å². The molecule has 0 spiro atoms. The molecule has 0 aromatic heterocycles. The van der Waals surface area contributed by atoms with Gasteiger partial charge in [-0.1, -0.05) is 6.92 Å². The van der Waals surface area contributed by atoms with Gasteiger partial charge in [0.1, 0.15) is 5.75 Å². The summed E-state index contributed by atoms with van der Waals surface area (Å²) in [6.07, 6.45) is 1.50. The molecule has 0 aliphatic rings. The molecule has 3 nitrogen and oxygen atoms in total. The van der Waals surface area contributed by atoms with Crippen molar-refractivity contribution in [3.63, 3.8) is 0 Å². The summed E-state index contributed by atoms with van der Waals surface area (Å²) in [6.45, 7) is 4.55. The quantitative estimate of drug-likeness (QED) is 0.682. The van der Waals surface area contributed by atoms with Crippen LogP contribution < -0.4 is 4.74 Å². The third-order valence-electron chi connectivity index (χ3n) is 2.56. The van der Waals surface area contributed by atoms with Crippen molar-refractivity contribution in [3.8, 4) is 5.75 Å².